The number of hydrogen-bond acceptors (Lipinski definition) is 3. The third-order valence-electron chi connectivity index (χ3n) is 2.84. The molecule has 4 N–H and O–H groups in total. The van der Waals surface area contributed by atoms with Crippen LogP contribution in [0.1, 0.15) is 25.0 Å². The van der Waals surface area contributed by atoms with Crippen molar-refractivity contribution in [2.45, 2.75) is 32.7 Å². The van der Waals surface area contributed by atoms with Gasteiger partial charge in [0.1, 0.15) is 6.23 Å². The molecule has 0 aliphatic heterocycles. The van der Waals surface area contributed by atoms with Crippen molar-refractivity contribution in [3.05, 3.63) is 28.3 Å². The van der Waals surface area contributed by atoms with Gasteiger partial charge in [0.2, 0.25) is 0 Å². The first kappa shape index (κ1) is 17.1. The van der Waals surface area contributed by atoms with E-state index in [1.165, 1.54) is 6.07 Å². The van der Waals surface area contributed by atoms with Crippen LogP contribution in [0.5, 0.6) is 0 Å². The van der Waals surface area contributed by atoms with Crippen LogP contribution < -0.4 is 11.1 Å². The zero-order chi connectivity index (χ0) is 15.5. The quantitative estimate of drug-likeness (QED) is 0.579. The van der Waals surface area contributed by atoms with Gasteiger partial charge in [-0.15, -0.1) is 0 Å². The average Bonchev–Trinajstić information content (AvgIpc) is 2.29. The molecule has 0 aliphatic rings. The molecule has 3 nitrogen and oxygen atoms in total. The molecular weight excluding hydrogens is 293 g/mol. The standard InChI is InChI=1S/C13H18ClF3N2O/c1-7(6-19-8(2)20)3-9-4-10(13(15,16)17)12(18)11(14)5-9/h4-5,7-8,19-20H,3,6,18H2,1-2H3. The lowest BCUT2D eigenvalue weighted by molar-refractivity contribution is -0.136. The van der Waals surface area contributed by atoms with Crippen LogP contribution in [0.4, 0.5) is 18.9 Å². The van der Waals surface area contributed by atoms with Gasteiger partial charge in [-0.1, -0.05) is 18.5 Å². The summed E-state index contributed by atoms with van der Waals surface area (Å²) in [6.07, 6.45) is -4.77. The van der Waals surface area contributed by atoms with E-state index >= 15 is 0 Å². The lowest BCUT2D eigenvalue weighted by Gasteiger charge is -2.17. The fourth-order valence-corrected chi connectivity index (χ4v) is 2.11. The van der Waals surface area contributed by atoms with Crippen LogP contribution in [0.2, 0.25) is 5.02 Å². The number of anilines is 1. The normalized spacial score (nSPS) is 15.2. The molecule has 0 saturated heterocycles. The molecule has 20 heavy (non-hydrogen) atoms. The molecule has 0 bridgehead atoms. The highest BCUT2D eigenvalue weighted by Crippen LogP contribution is 2.38. The molecule has 1 aromatic carbocycles. The summed E-state index contributed by atoms with van der Waals surface area (Å²) in [6, 6.07) is 2.48. The maximum Gasteiger partial charge on any atom is 0.418 e. The van der Waals surface area contributed by atoms with Crippen molar-refractivity contribution < 1.29 is 18.3 Å². The zero-order valence-corrected chi connectivity index (χ0v) is 12.0. The van der Waals surface area contributed by atoms with Gasteiger partial charge < -0.3 is 10.8 Å². The Morgan fingerprint density at radius 3 is 2.45 bits per heavy atom. The first-order valence-electron chi connectivity index (χ1n) is 6.17. The second kappa shape index (κ2) is 6.65. The Hall–Kier alpha value is -0.980. The molecule has 7 heteroatoms. The highest BCUT2D eigenvalue weighted by Gasteiger charge is 2.34. The number of nitrogens with one attached hydrogen (secondary N) is 1. The molecule has 0 amide bonds. The van der Waals surface area contributed by atoms with E-state index in [1.807, 2.05) is 6.92 Å². The molecule has 0 radical (unpaired) electrons. The highest BCUT2D eigenvalue weighted by molar-refractivity contribution is 6.33. The van der Waals surface area contributed by atoms with Crippen molar-refractivity contribution in [2.75, 3.05) is 12.3 Å². The number of rotatable bonds is 5. The van der Waals surface area contributed by atoms with Crippen LogP contribution in [0.25, 0.3) is 0 Å². The summed E-state index contributed by atoms with van der Waals surface area (Å²) in [5.74, 6) is 0.0466. The Balaban J connectivity index is 2.89. The molecule has 0 spiro atoms. The first-order chi connectivity index (χ1) is 9.11. The topological polar surface area (TPSA) is 58.3 Å². The summed E-state index contributed by atoms with van der Waals surface area (Å²) in [4.78, 5) is 0. The molecule has 2 atom stereocenters. The average molecular weight is 311 g/mol. The van der Waals surface area contributed by atoms with Crippen molar-refractivity contribution >= 4 is 17.3 Å². The number of alkyl halides is 3. The van der Waals surface area contributed by atoms with Gasteiger partial charge in [-0.05, 0) is 37.0 Å². The van der Waals surface area contributed by atoms with Gasteiger partial charge in [-0.2, -0.15) is 13.2 Å². The van der Waals surface area contributed by atoms with E-state index in [0.717, 1.165) is 6.07 Å². The summed E-state index contributed by atoms with van der Waals surface area (Å²) in [7, 11) is 0. The van der Waals surface area contributed by atoms with Gasteiger partial charge in [-0.25, -0.2) is 0 Å². The summed E-state index contributed by atoms with van der Waals surface area (Å²) in [5, 5.41) is 11.8. The Labute approximate surface area is 120 Å². The maximum atomic E-state index is 12.8. The highest BCUT2D eigenvalue weighted by atomic mass is 35.5. The summed E-state index contributed by atoms with van der Waals surface area (Å²) in [6.45, 7) is 3.93. The second-order valence-corrected chi connectivity index (χ2v) is 5.34. The molecule has 1 rings (SSSR count). The molecule has 114 valence electrons. The van der Waals surface area contributed by atoms with Gasteiger partial charge in [0.15, 0.2) is 0 Å². The van der Waals surface area contributed by atoms with Crippen molar-refractivity contribution in [3.63, 3.8) is 0 Å². The Kier molecular flexibility index (Phi) is 5.68. The monoisotopic (exact) mass is 310 g/mol. The van der Waals surface area contributed by atoms with Crippen LogP contribution in [0.15, 0.2) is 12.1 Å². The number of nitrogens with two attached hydrogens (primary N) is 1. The molecule has 0 aromatic heterocycles. The first-order valence-corrected chi connectivity index (χ1v) is 6.55. The third kappa shape index (κ3) is 4.85. The van der Waals surface area contributed by atoms with E-state index in [-0.39, 0.29) is 10.9 Å². The van der Waals surface area contributed by atoms with Gasteiger partial charge in [0, 0.05) is 6.54 Å². The van der Waals surface area contributed by atoms with Crippen molar-refractivity contribution in [1.29, 1.82) is 0 Å². The predicted molar refractivity (Wildman–Crippen MR) is 73.4 cm³/mol. The number of aliphatic hydroxyl groups is 1. The maximum absolute atomic E-state index is 12.8. The molecule has 0 heterocycles. The van der Waals surface area contributed by atoms with E-state index in [0.29, 0.717) is 18.5 Å². The fourth-order valence-electron chi connectivity index (χ4n) is 1.87. The molecule has 0 fully saturated rings. The number of nitrogen functional groups attached to an aromatic ring is 1. The summed E-state index contributed by atoms with van der Waals surface area (Å²) in [5.41, 5.74) is 4.49. The number of halogens is 4. The number of benzene rings is 1. The largest absolute Gasteiger partial charge is 0.418 e. The summed E-state index contributed by atoms with van der Waals surface area (Å²) < 4.78 is 38.4. The van der Waals surface area contributed by atoms with E-state index in [2.05, 4.69) is 5.32 Å². The van der Waals surface area contributed by atoms with Crippen LogP contribution in [-0.4, -0.2) is 17.9 Å². The van der Waals surface area contributed by atoms with Crippen molar-refractivity contribution in [3.8, 4) is 0 Å². The molecule has 2 unspecified atom stereocenters. The summed E-state index contributed by atoms with van der Waals surface area (Å²) >= 11 is 5.76. The lowest BCUT2D eigenvalue weighted by atomic mass is 9.98. The number of hydrogen-bond donors (Lipinski definition) is 3. The Bertz CT molecular complexity index is 464. The van der Waals surface area contributed by atoms with Crippen LogP contribution in [-0.2, 0) is 12.6 Å². The van der Waals surface area contributed by atoms with E-state index in [4.69, 9.17) is 22.4 Å². The molecule has 1 aromatic rings. The minimum Gasteiger partial charge on any atom is -0.397 e. The lowest BCUT2D eigenvalue weighted by Crippen LogP contribution is -2.30. The molecular formula is C13H18ClF3N2O. The van der Waals surface area contributed by atoms with Crippen molar-refractivity contribution in [1.82, 2.24) is 5.32 Å². The number of aliphatic hydroxyl groups excluding tert-OH is 1. The van der Waals surface area contributed by atoms with Crippen molar-refractivity contribution in [2.24, 2.45) is 5.92 Å². The van der Waals surface area contributed by atoms with Gasteiger partial charge in [0.05, 0.1) is 16.3 Å². The van der Waals surface area contributed by atoms with Crippen LogP contribution in [0, 0.1) is 5.92 Å². The van der Waals surface area contributed by atoms with E-state index in [9.17, 15) is 13.2 Å². The Morgan fingerprint density at radius 2 is 1.95 bits per heavy atom. The second-order valence-electron chi connectivity index (χ2n) is 4.93. The van der Waals surface area contributed by atoms with Gasteiger partial charge in [0.25, 0.3) is 0 Å². The van der Waals surface area contributed by atoms with Crippen LogP contribution in [0.3, 0.4) is 0 Å². The van der Waals surface area contributed by atoms with E-state index < -0.39 is 23.7 Å². The SMILES string of the molecule is CC(CNC(C)O)Cc1cc(Cl)c(N)c(C(F)(F)F)c1. The minimum absolute atomic E-state index is 0.0466. The van der Waals surface area contributed by atoms with Gasteiger partial charge >= 0.3 is 6.18 Å². The van der Waals surface area contributed by atoms with Gasteiger partial charge in [-0.3, -0.25) is 5.32 Å². The molecule has 0 saturated carbocycles. The predicted octanol–water partition coefficient (Wildman–Crippen LogP) is 3.05. The zero-order valence-electron chi connectivity index (χ0n) is 11.3. The van der Waals surface area contributed by atoms with Crippen LogP contribution >= 0.6 is 11.6 Å². The molecule has 0 aliphatic carbocycles. The fraction of sp³-hybridized carbons (Fsp3) is 0.538. The third-order valence-corrected chi connectivity index (χ3v) is 3.15. The Morgan fingerprint density at radius 1 is 1.35 bits per heavy atom. The smallest absolute Gasteiger partial charge is 0.397 e. The van der Waals surface area contributed by atoms with E-state index in [1.54, 1.807) is 6.92 Å². The minimum atomic E-state index is -4.52.